The van der Waals surface area contributed by atoms with Crippen LogP contribution in [0.5, 0.6) is 5.75 Å². The molecule has 0 bridgehead atoms. The van der Waals surface area contributed by atoms with Crippen LogP contribution in [0.3, 0.4) is 0 Å². The molecule has 0 spiro atoms. The zero-order valence-electron chi connectivity index (χ0n) is 21.1. The Labute approximate surface area is 213 Å². The molecule has 0 radical (unpaired) electrons. The number of aromatic nitrogens is 1. The number of methoxy groups -OCH3 is 1. The van der Waals surface area contributed by atoms with E-state index in [1.165, 1.54) is 5.56 Å². The number of aliphatic carboxylic acids is 1. The molecular formula is C30H37FN2O3. The van der Waals surface area contributed by atoms with Crippen molar-refractivity contribution in [3.63, 3.8) is 0 Å². The van der Waals surface area contributed by atoms with Crippen LogP contribution in [0.15, 0.2) is 60.8 Å². The fourth-order valence-corrected chi connectivity index (χ4v) is 5.57. The molecule has 0 aliphatic carbocycles. The first kappa shape index (κ1) is 26.1. The Morgan fingerprint density at radius 3 is 2.78 bits per heavy atom. The maximum absolute atomic E-state index is 15.5. The number of alkyl halides is 1. The lowest BCUT2D eigenvalue weighted by Gasteiger charge is -2.38. The summed E-state index contributed by atoms with van der Waals surface area (Å²) in [5, 5.41) is 10.3. The molecule has 6 heteroatoms. The van der Waals surface area contributed by atoms with Crippen molar-refractivity contribution in [1.82, 2.24) is 9.88 Å². The molecule has 3 atom stereocenters. The number of ether oxygens (including phenoxy) is 1. The van der Waals surface area contributed by atoms with Crippen molar-refractivity contribution in [3.05, 3.63) is 71.9 Å². The second-order valence-electron chi connectivity index (χ2n) is 9.98. The van der Waals surface area contributed by atoms with E-state index >= 15 is 4.39 Å². The van der Waals surface area contributed by atoms with Gasteiger partial charge in [0, 0.05) is 24.5 Å². The summed E-state index contributed by atoms with van der Waals surface area (Å²) < 4.78 is 20.8. The number of piperidine rings is 1. The molecule has 2 heterocycles. The largest absolute Gasteiger partial charge is 0.497 e. The standard InChI is InChI=1S/C30H37FN2O3/c1-36-25-11-13-29-27(20-25)26(14-16-32-29)28(31)12-10-23-15-18-33(21-24(23)19-30(34)35)17-6-5-9-22-7-3-2-4-8-22/h2-4,7-8,11,13-14,16,20,23-24,28H,5-6,9-10,12,15,17-19,21H2,1H3,(H,34,35)/t23-,24+,28?/m1/s1. The minimum atomic E-state index is -1.12. The number of carbonyl (C=O) groups is 1. The molecule has 1 aromatic heterocycles. The molecule has 1 aliphatic rings. The molecule has 5 nitrogen and oxygen atoms in total. The Bertz CT molecular complexity index is 1120. The number of pyridine rings is 1. The highest BCUT2D eigenvalue weighted by Gasteiger charge is 2.31. The summed E-state index contributed by atoms with van der Waals surface area (Å²) in [6.45, 7) is 2.74. The van der Waals surface area contributed by atoms with Crippen LogP contribution < -0.4 is 4.74 Å². The highest BCUT2D eigenvalue weighted by molar-refractivity contribution is 5.83. The van der Waals surface area contributed by atoms with Gasteiger partial charge in [-0.1, -0.05) is 30.3 Å². The van der Waals surface area contributed by atoms with Gasteiger partial charge in [0.25, 0.3) is 0 Å². The van der Waals surface area contributed by atoms with Crippen molar-refractivity contribution in [2.24, 2.45) is 11.8 Å². The minimum absolute atomic E-state index is 0.0619. The van der Waals surface area contributed by atoms with E-state index in [1.807, 2.05) is 24.3 Å². The number of carboxylic acid groups (broad SMARTS) is 1. The van der Waals surface area contributed by atoms with Gasteiger partial charge in [-0.3, -0.25) is 9.78 Å². The number of unbranched alkanes of at least 4 members (excludes halogenated alkanes) is 1. The number of fused-ring (bicyclic) bond motifs is 1. The average Bonchev–Trinajstić information content (AvgIpc) is 2.90. The van der Waals surface area contributed by atoms with Crippen molar-refractivity contribution in [3.8, 4) is 5.75 Å². The molecule has 1 fully saturated rings. The van der Waals surface area contributed by atoms with Crippen LogP contribution in [0.2, 0.25) is 0 Å². The minimum Gasteiger partial charge on any atom is -0.497 e. The first-order valence-electron chi connectivity index (χ1n) is 13.1. The Balaban J connectivity index is 1.31. The van der Waals surface area contributed by atoms with E-state index in [2.05, 4.69) is 34.1 Å². The molecule has 36 heavy (non-hydrogen) atoms. The molecule has 1 aliphatic heterocycles. The quantitative estimate of drug-likeness (QED) is 0.294. The highest BCUT2D eigenvalue weighted by atomic mass is 19.1. The molecule has 3 aromatic rings. The predicted molar refractivity (Wildman–Crippen MR) is 141 cm³/mol. The van der Waals surface area contributed by atoms with Gasteiger partial charge in [-0.05, 0) is 98.8 Å². The third-order valence-corrected chi connectivity index (χ3v) is 7.56. The number of hydrogen-bond acceptors (Lipinski definition) is 4. The summed E-state index contributed by atoms with van der Waals surface area (Å²) in [7, 11) is 1.60. The van der Waals surface area contributed by atoms with E-state index in [0.717, 1.165) is 56.2 Å². The number of carboxylic acids is 1. The Morgan fingerprint density at radius 1 is 1.17 bits per heavy atom. The average molecular weight is 493 g/mol. The molecule has 1 unspecified atom stereocenters. The first-order chi connectivity index (χ1) is 17.5. The first-order valence-corrected chi connectivity index (χ1v) is 13.1. The number of benzene rings is 2. The van der Waals surface area contributed by atoms with E-state index in [-0.39, 0.29) is 18.3 Å². The summed E-state index contributed by atoms with van der Waals surface area (Å²) in [5.74, 6) is 0.205. The van der Waals surface area contributed by atoms with Crippen molar-refractivity contribution >= 4 is 16.9 Å². The lowest BCUT2D eigenvalue weighted by Crippen LogP contribution is -2.41. The fraction of sp³-hybridized carbons (Fsp3) is 0.467. The zero-order valence-corrected chi connectivity index (χ0v) is 21.1. The van der Waals surface area contributed by atoms with Crippen LogP contribution in [-0.2, 0) is 11.2 Å². The number of halogens is 1. The molecule has 0 saturated carbocycles. The number of hydrogen-bond donors (Lipinski definition) is 1. The molecule has 0 amide bonds. The monoisotopic (exact) mass is 492 g/mol. The summed E-state index contributed by atoms with van der Waals surface area (Å²) in [4.78, 5) is 18.4. The zero-order chi connectivity index (χ0) is 25.3. The second-order valence-corrected chi connectivity index (χ2v) is 9.98. The van der Waals surface area contributed by atoms with E-state index in [0.29, 0.717) is 24.2 Å². The van der Waals surface area contributed by atoms with Crippen LogP contribution in [0.4, 0.5) is 4.39 Å². The van der Waals surface area contributed by atoms with Gasteiger partial charge < -0.3 is 14.7 Å². The van der Waals surface area contributed by atoms with Gasteiger partial charge in [0.15, 0.2) is 0 Å². The molecule has 1 saturated heterocycles. The SMILES string of the molecule is COc1ccc2nccc(C(F)CC[C@@H]3CCN(CCCCc4ccccc4)C[C@@H]3CC(=O)O)c2c1. The maximum atomic E-state index is 15.5. The summed E-state index contributed by atoms with van der Waals surface area (Å²) >= 11 is 0. The molecule has 4 rings (SSSR count). The van der Waals surface area contributed by atoms with Crippen LogP contribution >= 0.6 is 0 Å². The Kier molecular flexibility index (Phi) is 9.29. The normalized spacial score (nSPS) is 19.3. The van der Waals surface area contributed by atoms with E-state index in [1.54, 1.807) is 19.4 Å². The summed E-state index contributed by atoms with van der Waals surface area (Å²) in [5.41, 5.74) is 2.74. The Hall–Kier alpha value is -2.99. The smallest absolute Gasteiger partial charge is 0.303 e. The van der Waals surface area contributed by atoms with E-state index < -0.39 is 12.1 Å². The molecular weight excluding hydrogens is 455 g/mol. The number of nitrogens with zero attached hydrogens (tertiary/aromatic N) is 2. The van der Waals surface area contributed by atoms with Gasteiger partial charge in [0.2, 0.25) is 0 Å². The van der Waals surface area contributed by atoms with Crippen LogP contribution in [0, 0.1) is 11.8 Å². The van der Waals surface area contributed by atoms with E-state index in [9.17, 15) is 9.90 Å². The van der Waals surface area contributed by atoms with Gasteiger partial charge in [0.05, 0.1) is 12.6 Å². The lowest BCUT2D eigenvalue weighted by molar-refractivity contribution is -0.139. The van der Waals surface area contributed by atoms with Crippen molar-refractivity contribution < 1.29 is 19.0 Å². The van der Waals surface area contributed by atoms with Crippen LogP contribution in [-0.4, -0.2) is 47.7 Å². The predicted octanol–water partition coefficient (Wildman–Crippen LogP) is 6.47. The topological polar surface area (TPSA) is 62.7 Å². The fourth-order valence-electron chi connectivity index (χ4n) is 5.57. The van der Waals surface area contributed by atoms with Crippen molar-refractivity contribution in [1.29, 1.82) is 0 Å². The van der Waals surface area contributed by atoms with Crippen LogP contribution in [0.1, 0.15) is 55.8 Å². The summed E-state index contributed by atoms with van der Waals surface area (Å²) in [6, 6.07) is 17.8. The lowest BCUT2D eigenvalue weighted by atomic mass is 9.79. The number of aryl methyl sites for hydroxylation is 1. The van der Waals surface area contributed by atoms with Crippen LogP contribution in [0.25, 0.3) is 10.9 Å². The maximum Gasteiger partial charge on any atom is 0.303 e. The van der Waals surface area contributed by atoms with E-state index in [4.69, 9.17) is 4.74 Å². The third kappa shape index (κ3) is 7.03. The number of likely N-dealkylation sites (tertiary alicyclic amines) is 1. The van der Waals surface area contributed by atoms with Crippen molar-refractivity contribution in [2.75, 3.05) is 26.7 Å². The molecule has 192 valence electrons. The van der Waals surface area contributed by atoms with Gasteiger partial charge >= 0.3 is 5.97 Å². The third-order valence-electron chi connectivity index (χ3n) is 7.56. The van der Waals surface area contributed by atoms with Gasteiger partial charge in [-0.2, -0.15) is 0 Å². The number of rotatable bonds is 12. The van der Waals surface area contributed by atoms with Gasteiger partial charge in [-0.25, -0.2) is 4.39 Å². The molecule has 1 N–H and O–H groups in total. The van der Waals surface area contributed by atoms with Gasteiger partial charge in [0.1, 0.15) is 11.9 Å². The Morgan fingerprint density at radius 2 is 2.00 bits per heavy atom. The molecule has 2 aromatic carbocycles. The second kappa shape index (κ2) is 12.8. The summed E-state index contributed by atoms with van der Waals surface area (Å²) in [6.07, 6.45) is 5.98. The van der Waals surface area contributed by atoms with Gasteiger partial charge in [-0.15, -0.1) is 0 Å². The highest BCUT2D eigenvalue weighted by Crippen LogP contribution is 2.36. The van der Waals surface area contributed by atoms with Crippen molar-refractivity contribution in [2.45, 2.75) is 51.1 Å².